The van der Waals surface area contributed by atoms with Gasteiger partial charge >= 0.3 is 0 Å². The lowest BCUT2D eigenvalue weighted by atomic mass is 10.2. The number of hydrogen-bond acceptors (Lipinski definition) is 3. The number of aliphatic imine (C=N–C) groups is 1. The van der Waals surface area contributed by atoms with E-state index in [0.717, 1.165) is 36.7 Å². The Morgan fingerprint density at radius 3 is 2.75 bits per heavy atom. The van der Waals surface area contributed by atoms with Crippen LogP contribution < -0.4 is 0 Å². The molecule has 0 radical (unpaired) electrons. The van der Waals surface area contributed by atoms with E-state index in [4.69, 9.17) is 23.2 Å². The maximum Gasteiger partial charge on any atom is 0.286 e. The molecule has 2 aliphatic heterocycles. The van der Waals surface area contributed by atoms with Gasteiger partial charge in [0.05, 0.1) is 15.0 Å². The normalized spacial score (nSPS) is 20.9. The van der Waals surface area contributed by atoms with Gasteiger partial charge in [0.1, 0.15) is 0 Å². The third-order valence-corrected chi connectivity index (χ3v) is 5.13. The van der Waals surface area contributed by atoms with Crippen molar-refractivity contribution in [3.05, 3.63) is 38.7 Å². The van der Waals surface area contributed by atoms with Crippen LogP contribution in [-0.2, 0) is 4.79 Å². The third-order valence-electron chi connectivity index (χ3n) is 3.25. The molecule has 2 heterocycles. The SMILES string of the molecule is O=C1N=C(N2CCCC2)SC1=Cc1cccc(Cl)c1Cl. The number of rotatable bonds is 1. The van der Waals surface area contributed by atoms with Crippen LogP contribution in [0.2, 0.25) is 10.0 Å². The van der Waals surface area contributed by atoms with E-state index in [1.807, 2.05) is 12.1 Å². The molecule has 0 aromatic heterocycles. The van der Waals surface area contributed by atoms with Gasteiger partial charge in [-0.15, -0.1) is 0 Å². The first kappa shape index (κ1) is 14.0. The molecule has 1 saturated heterocycles. The van der Waals surface area contributed by atoms with Gasteiger partial charge in [-0.05, 0) is 42.3 Å². The number of hydrogen-bond donors (Lipinski definition) is 0. The van der Waals surface area contributed by atoms with Gasteiger partial charge in [0.25, 0.3) is 5.91 Å². The number of carbonyl (C=O) groups excluding carboxylic acids is 1. The summed E-state index contributed by atoms with van der Waals surface area (Å²) in [6.07, 6.45) is 4.08. The first-order chi connectivity index (χ1) is 9.65. The van der Waals surface area contributed by atoms with Crippen LogP contribution in [0.1, 0.15) is 18.4 Å². The first-order valence-electron chi connectivity index (χ1n) is 6.36. The van der Waals surface area contributed by atoms with Crippen molar-refractivity contribution in [3.8, 4) is 0 Å². The molecule has 0 bridgehead atoms. The van der Waals surface area contributed by atoms with Gasteiger partial charge in [-0.25, -0.2) is 0 Å². The summed E-state index contributed by atoms with van der Waals surface area (Å²) >= 11 is 13.5. The molecule has 3 nitrogen and oxygen atoms in total. The van der Waals surface area contributed by atoms with Crippen molar-refractivity contribution in [3.63, 3.8) is 0 Å². The third kappa shape index (κ3) is 2.73. The highest BCUT2D eigenvalue weighted by atomic mass is 35.5. The summed E-state index contributed by atoms with van der Waals surface area (Å²) in [6, 6.07) is 5.37. The van der Waals surface area contributed by atoms with E-state index in [1.165, 1.54) is 11.8 Å². The van der Waals surface area contributed by atoms with Crippen LogP contribution in [-0.4, -0.2) is 29.1 Å². The Hall–Kier alpha value is -0.970. The second-order valence-electron chi connectivity index (χ2n) is 4.65. The topological polar surface area (TPSA) is 32.7 Å². The van der Waals surface area contributed by atoms with Crippen LogP contribution >= 0.6 is 35.0 Å². The molecule has 0 N–H and O–H groups in total. The Morgan fingerprint density at radius 2 is 2.00 bits per heavy atom. The van der Waals surface area contributed by atoms with Crippen molar-refractivity contribution in [2.24, 2.45) is 4.99 Å². The fourth-order valence-electron chi connectivity index (χ4n) is 2.21. The predicted octanol–water partition coefficient (Wildman–Crippen LogP) is 4.06. The number of nitrogens with zero attached hydrogens (tertiary/aromatic N) is 2. The molecular formula is C14H12Cl2N2OS. The van der Waals surface area contributed by atoms with Crippen molar-refractivity contribution in [1.82, 2.24) is 4.90 Å². The second kappa shape index (κ2) is 5.80. The van der Waals surface area contributed by atoms with E-state index >= 15 is 0 Å². The lowest BCUT2D eigenvalue weighted by molar-refractivity contribution is -0.113. The van der Waals surface area contributed by atoms with Gasteiger partial charge in [-0.2, -0.15) is 4.99 Å². The predicted molar refractivity (Wildman–Crippen MR) is 85.3 cm³/mol. The summed E-state index contributed by atoms with van der Waals surface area (Å²) in [5.74, 6) is -0.201. The molecular weight excluding hydrogens is 315 g/mol. The number of likely N-dealkylation sites (tertiary alicyclic amines) is 1. The molecule has 2 aliphatic rings. The Morgan fingerprint density at radius 1 is 1.25 bits per heavy atom. The van der Waals surface area contributed by atoms with E-state index in [-0.39, 0.29) is 5.91 Å². The van der Waals surface area contributed by atoms with Gasteiger partial charge in [-0.1, -0.05) is 35.3 Å². The second-order valence-corrected chi connectivity index (χ2v) is 6.44. The number of carbonyl (C=O) groups is 1. The summed E-state index contributed by atoms with van der Waals surface area (Å²) < 4.78 is 0. The Kier molecular flexibility index (Phi) is 4.06. The lowest BCUT2D eigenvalue weighted by Gasteiger charge is -2.14. The quantitative estimate of drug-likeness (QED) is 0.729. The molecule has 20 heavy (non-hydrogen) atoms. The summed E-state index contributed by atoms with van der Waals surface area (Å²) in [5, 5.41) is 1.75. The van der Waals surface area contributed by atoms with Crippen LogP contribution in [0.4, 0.5) is 0 Å². The zero-order chi connectivity index (χ0) is 14.1. The number of amidine groups is 1. The largest absolute Gasteiger partial charge is 0.351 e. The fourth-order valence-corrected chi connectivity index (χ4v) is 3.53. The van der Waals surface area contributed by atoms with E-state index in [9.17, 15) is 4.79 Å². The minimum atomic E-state index is -0.201. The fraction of sp³-hybridized carbons (Fsp3) is 0.286. The maximum atomic E-state index is 12.0. The average Bonchev–Trinajstić information content (AvgIpc) is 3.05. The average molecular weight is 327 g/mol. The van der Waals surface area contributed by atoms with Gasteiger partial charge < -0.3 is 4.90 Å². The summed E-state index contributed by atoms with van der Waals surface area (Å²) in [6.45, 7) is 1.95. The molecule has 0 atom stereocenters. The number of benzene rings is 1. The van der Waals surface area contributed by atoms with E-state index < -0.39 is 0 Å². The highest BCUT2D eigenvalue weighted by Gasteiger charge is 2.27. The van der Waals surface area contributed by atoms with Crippen molar-refractivity contribution >= 4 is 52.1 Å². The van der Waals surface area contributed by atoms with Gasteiger partial charge in [0, 0.05) is 13.1 Å². The highest BCUT2D eigenvalue weighted by Crippen LogP contribution is 2.34. The standard InChI is InChI=1S/C14H12Cl2N2OS/c15-10-5-3-4-9(12(10)16)8-11-13(19)17-14(20-11)18-6-1-2-7-18/h3-5,8H,1-2,6-7H2. The molecule has 1 aromatic rings. The minimum absolute atomic E-state index is 0.201. The molecule has 0 spiro atoms. The molecule has 6 heteroatoms. The molecule has 1 fully saturated rings. The number of halogens is 2. The van der Waals surface area contributed by atoms with E-state index in [1.54, 1.807) is 12.1 Å². The van der Waals surface area contributed by atoms with Gasteiger partial charge in [-0.3, -0.25) is 4.79 Å². The van der Waals surface area contributed by atoms with Crippen molar-refractivity contribution in [2.45, 2.75) is 12.8 Å². The van der Waals surface area contributed by atoms with E-state index in [2.05, 4.69) is 9.89 Å². The molecule has 104 valence electrons. The zero-order valence-corrected chi connectivity index (χ0v) is 12.9. The molecule has 1 aromatic carbocycles. The molecule has 0 saturated carbocycles. The summed E-state index contributed by atoms with van der Waals surface area (Å²) in [5.41, 5.74) is 0.743. The molecule has 0 aliphatic carbocycles. The van der Waals surface area contributed by atoms with Crippen LogP contribution in [0.25, 0.3) is 6.08 Å². The Labute approximate surface area is 131 Å². The number of thioether (sulfide) groups is 1. The van der Waals surface area contributed by atoms with Crippen LogP contribution in [0, 0.1) is 0 Å². The monoisotopic (exact) mass is 326 g/mol. The Bertz CT molecular complexity index is 622. The molecule has 3 rings (SSSR count). The smallest absolute Gasteiger partial charge is 0.286 e. The lowest BCUT2D eigenvalue weighted by Crippen LogP contribution is -2.23. The zero-order valence-electron chi connectivity index (χ0n) is 10.6. The highest BCUT2D eigenvalue weighted by molar-refractivity contribution is 8.18. The molecule has 0 unspecified atom stereocenters. The molecule has 1 amide bonds. The Balaban J connectivity index is 1.84. The number of amides is 1. The minimum Gasteiger partial charge on any atom is -0.351 e. The van der Waals surface area contributed by atoms with Crippen molar-refractivity contribution in [1.29, 1.82) is 0 Å². The van der Waals surface area contributed by atoms with Crippen molar-refractivity contribution < 1.29 is 4.79 Å². The van der Waals surface area contributed by atoms with E-state index in [0.29, 0.717) is 15.0 Å². The maximum absolute atomic E-state index is 12.0. The summed E-state index contributed by atoms with van der Waals surface area (Å²) in [4.78, 5) is 18.8. The van der Waals surface area contributed by atoms with Crippen LogP contribution in [0.3, 0.4) is 0 Å². The first-order valence-corrected chi connectivity index (χ1v) is 7.94. The summed E-state index contributed by atoms with van der Waals surface area (Å²) in [7, 11) is 0. The van der Waals surface area contributed by atoms with Crippen LogP contribution in [0.5, 0.6) is 0 Å². The van der Waals surface area contributed by atoms with Gasteiger partial charge in [0.15, 0.2) is 5.17 Å². The van der Waals surface area contributed by atoms with Crippen molar-refractivity contribution in [2.75, 3.05) is 13.1 Å². The van der Waals surface area contributed by atoms with Crippen LogP contribution in [0.15, 0.2) is 28.1 Å². The van der Waals surface area contributed by atoms with Gasteiger partial charge in [0.2, 0.25) is 0 Å².